The molecule has 2 aliphatic rings. The number of nitrogens with zero attached hydrogens (tertiary/aromatic N) is 1. The van der Waals surface area contributed by atoms with E-state index in [1.165, 1.54) is 37.1 Å². The van der Waals surface area contributed by atoms with Gasteiger partial charge in [-0.05, 0) is 30.9 Å². The number of nitrogen functional groups attached to an aromatic ring is 1. The monoisotopic (exact) mass is 174 g/mol. The molecule has 1 fully saturated rings. The molecular weight excluding hydrogens is 160 g/mol. The lowest BCUT2D eigenvalue weighted by atomic mass is 10.1. The van der Waals surface area contributed by atoms with Crippen LogP contribution < -0.4 is 10.6 Å². The molecular formula is C11H14N2. The summed E-state index contributed by atoms with van der Waals surface area (Å²) in [7, 11) is 0. The number of nitrogens with two attached hydrogens (primary N) is 1. The third-order valence-corrected chi connectivity index (χ3v) is 3.05. The van der Waals surface area contributed by atoms with Gasteiger partial charge in [0.05, 0.1) is 11.4 Å². The van der Waals surface area contributed by atoms with E-state index in [2.05, 4.69) is 17.0 Å². The van der Waals surface area contributed by atoms with Crippen molar-refractivity contribution in [2.24, 2.45) is 0 Å². The van der Waals surface area contributed by atoms with Crippen molar-refractivity contribution in [2.75, 3.05) is 17.2 Å². The molecule has 0 bridgehead atoms. The number of hydrogen-bond donors (Lipinski definition) is 1. The lowest BCUT2D eigenvalue weighted by molar-refractivity contribution is 0.831. The van der Waals surface area contributed by atoms with Crippen LogP contribution in [0.3, 0.4) is 0 Å². The SMILES string of the molecule is Nc1cccc2c1N(C1CC1)CC2. The molecule has 1 aliphatic carbocycles. The highest BCUT2D eigenvalue weighted by atomic mass is 15.2. The molecule has 2 N–H and O–H groups in total. The van der Waals surface area contributed by atoms with E-state index in [4.69, 9.17) is 5.73 Å². The van der Waals surface area contributed by atoms with E-state index in [1.807, 2.05) is 6.07 Å². The highest BCUT2D eigenvalue weighted by Crippen LogP contribution is 2.40. The molecule has 2 nitrogen and oxygen atoms in total. The van der Waals surface area contributed by atoms with Crippen LogP contribution in [0.15, 0.2) is 18.2 Å². The first-order chi connectivity index (χ1) is 6.36. The Kier molecular flexibility index (Phi) is 1.34. The smallest absolute Gasteiger partial charge is 0.0635 e. The quantitative estimate of drug-likeness (QED) is 0.658. The number of hydrogen-bond acceptors (Lipinski definition) is 2. The van der Waals surface area contributed by atoms with Crippen LogP contribution in [0.25, 0.3) is 0 Å². The van der Waals surface area contributed by atoms with Gasteiger partial charge in [-0.25, -0.2) is 0 Å². The van der Waals surface area contributed by atoms with Gasteiger partial charge in [0, 0.05) is 12.6 Å². The summed E-state index contributed by atoms with van der Waals surface area (Å²) >= 11 is 0. The third-order valence-electron chi connectivity index (χ3n) is 3.05. The zero-order valence-electron chi connectivity index (χ0n) is 7.66. The number of benzene rings is 1. The summed E-state index contributed by atoms with van der Waals surface area (Å²) in [6.45, 7) is 1.17. The average Bonchev–Trinajstić information content (AvgIpc) is 2.87. The van der Waals surface area contributed by atoms with E-state index in [0.717, 1.165) is 11.7 Å². The van der Waals surface area contributed by atoms with E-state index < -0.39 is 0 Å². The van der Waals surface area contributed by atoms with E-state index in [-0.39, 0.29) is 0 Å². The van der Waals surface area contributed by atoms with Gasteiger partial charge < -0.3 is 10.6 Å². The van der Waals surface area contributed by atoms with Crippen LogP contribution >= 0.6 is 0 Å². The fraction of sp³-hybridized carbons (Fsp3) is 0.455. The number of rotatable bonds is 1. The second-order valence-electron chi connectivity index (χ2n) is 4.03. The first kappa shape index (κ1) is 7.25. The van der Waals surface area contributed by atoms with Crippen LogP contribution in [-0.4, -0.2) is 12.6 Å². The van der Waals surface area contributed by atoms with Crippen LogP contribution in [0.2, 0.25) is 0 Å². The Morgan fingerprint density at radius 2 is 2.15 bits per heavy atom. The molecule has 0 radical (unpaired) electrons. The Bertz CT molecular complexity index is 342. The predicted octanol–water partition coefficient (Wildman–Crippen LogP) is 1.79. The van der Waals surface area contributed by atoms with Crippen LogP contribution in [0.5, 0.6) is 0 Å². The maximum atomic E-state index is 5.99. The highest BCUT2D eigenvalue weighted by Gasteiger charge is 2.34. The van der Waals surface area contributed by atoms with E-state index in [9.17, 15) is 0 Å². The largest absolute Gasteiger partial charge is 0.397 e. The van der Waals surface area contributed by atoms with Crippen molar-refractivity contribution in [3.8, 4) is 0 Å². The van der Waals surface area contributed by atoms with Crippen LogP contribution in [0, 0.1) is 0 Å². The summed E-state index contributed by atoms with van der Waals surface area (Å²) in [6, 6.07) is 7.07. The molecule has 3 rings (SSSR count). The van der Waals surface area contributed by atoms with Crippen LogP contribution in [0.4, 0.5) is 11.4 Å². The molecule has 2 heteroatoms. The van der Waals surface area contributed by atoms with E-state index >= 15 is 0 Å². The molecule has 0 amide bonds. The molecule has 1 aromatic carbocycles. The normalized spacial score (nSPS) is 20.5. The van der Waals surface area contributed by atoms with Gasteiger partial charge in [-0.2, -0.15) is 0 Å². The van der Waals surface area contributed by atoms with Crippen LogP contribution in [-0.2, 0) is 6.42 Å². The van der Waals surface area contributed by atoms with Crippen molar-refractivity contribution in [1.82, 2.24) is 0 Å². The van der Waals surface area contributed by atoms with Crippen molar-refractivity contribution in [1.29, 1.82) is 0 Å². The van der Waals surface area contributed by atoms with Crippen LogP contribution in [0.1, 0.15) is 18.4 Å². The molecule has 0 spiro atoms. The Morgan fingerprint density at radius 1 is 1.31 bits per heavy atom. The third kappa shape index (κ3) is 1.01. The maximum Gasteiger partial charge on any atom is 0.0635 e. The van der Waals surface area contributed by atoms with Crippen molar-refractivity contribution in [3.63, 3.8) is 0 Å². The lowest BCUT2D eigenvalue weighted by Gasteiger charge is -2.19. The van der Waals surface area contributed by atoms with E-state index in [1.54, 1.807) is 0 Å². The summed E-state index contributed by atoms with van der Waals surface area (Å²) in [5, 5.41) is 0. The molecule has 1 aliphatic heterocycles. The second-order valence-corrected chi connectivity index (χ2v) is 4.03. The molecule has 0 unspecified atom stereocenters. The van der Waals surface area contributed by atoms with E-state index in [0.29, 0.717) is 0 Å². The fourth-order valence-corrected chi connectivity index (χ4v) is 2.27. The van der Waals surface area contributed by atoms with Gasteiger partial charge in [-0.1, -0.05) is 12.1 Å². The van der Waals surface area contributed by atoms with Gasteiger partial charge in [-0.15, -0.1) is 0 Å². The Balaban J connectivity index is 2.07. The predicted molar refractivity (Wildman–Crippen MR) is 54.9 cm³/mol. The molecule has 68 valence electrons. The van der Waals surface area contributed by atoms with Crippen molar-refractivity contribution in [3.05, 3.63) is 23.8 Å². The zero-order chi connectivity index (χ0) is 8.84. The molecule has 1 saturated carbocycles. The number of para-hydroxylation sites is 1. The summed E-state index contributed by atoms with van der Waals surface area (Å²) < 4.78 is 0. The second kappa shape index (κ2) is 2.41. The molecule has 0 saturated heterocycles. The van der Waals surface area contributed by atoms with Gasteiger partial charge in [0.2, 0.25) is 0 Å². The Labute approximate surface area is 78.3 Å². The topological polar surface area (TPSA) is 29.3 Å². The van der Waals surface area contributed by atoms with Gasteiger partial charge in [-0.3, -0.25) is 0 Å². The average molecular weight is 174 g/mol. The molecule has 0 aromatic heterocycles. The number of fused-ring (bicyclic) bond motifs is 1. The van der Waals surface area contributed by atoms with Crippen molar-refractivity contribution >= 4 is 11.4 Å². The minimum Gasteiger partial charge on any atom is -0.397 e. The molecule has 13 heavy (non-hydrogen) atoms. The zero-order valence-corrected chi connectivity index (χ0v) is 7.66. The Morgan fingerprint density at radius 3 is 2.92 bits per heavy atom. The first-order valence-electron chi connectivity index (χ1n) is 5.00. The van der Waals surface area contributed by atoms with Gasteiger partial charge in [0.25, 0.3) is 0 Å². The fourth-order valence-electron chi connectivity index (χ4n) is 2.27. The van der Waals surface area contributed by atoms with Gasteiger partial charge in [0.15, 0.2) is 0 Å². The van der Waals surface area contributed by atoms with Gasteiger partial charge >= 0.3 is 0 Å². The minimum atomic E-state index is 0.797. The molecule has 1 heterocycles. The molecule has 0 atom stereocenters. The standard InChI is InChI=1S/C11H14N2/c12-10-3-1-2-8-6-7-13(11(8)10)9-4-5-9/h1-3,9H,4-7,12H2. The summed E-state index contributed by atoms with van der Waals surface area (Å²) in [4.78, 5) is 2.49. The highest BCUT2D eigenvalue weighted by molar-refractivity contribution is 5.74. The summed E-state index contributed by atoms with van der Waals surface area (Å²) in [5.41, 5.74) is 9.71. The summed E-state index contributed by atoms with van der Waals surface area (Å²) in [6.07, 6.45) is 3.89. The van der Waals surface area contributed by atoms with Gasteiger partial charge in [0.1, 0.15) is 0 Å². The minimum absolute atomic E-state index is 0.797. The first-order valence-corrected chi connectivity index (χ1v) is 5.00. The van der Waals surface area contributed by atoms with Crippen molar-refractivity contribution in [2.45, 2.75) is 25.3 Å². The maximum absolute atomic E-state index is 5.99. The van der Waals surface area contributed by atoms with Crippen molar-refractivity contribution < 1.29 is 0 Å². The summed E-state index contributed by atoms with van der Waals surface area (Å²) in [5.74, 6) is 0. The molecule has 1 aromatic rings. The number of anilines is 2. The Hall–Kier alpha value is -1.18. The lowest BCUT2D eigenvalue weighted by Crippen LogP contribution is -2.23.